The van der Waals surface area contributed by atoms with Gasteiger partial charge in [0.25, 0.3) is 0 Å². The van der Waals surface area contributed by atoms with Crippen LogP contribution in [0.15, 0.2) is 49.6 Å². The minimum atomic E-state index is 1.18. The maximum absolute atomic E-state index is 4.00. The van der Waals surface area contributed by atoms with E-state index < -0.39 is 0 Å². The highest BCUT2D eigenvalue weighted by Gasteiger charge is 2.07. The van der Waals surface area contributed by atoms with Crippen LogP contribution in [-0.2, 0) is 0 Å². The van der Waals surface area contributed by atoms with Gasteiger partial charge in [-0.15, -0.1) is 0 Å². The molecule has 2 aromatic rings. The molecule has 0 aliphatic heterocycles. The van der Waals surface area contributed by atoms with Gasteiger partial charge < -0.3 is 0 Å². The van der Waals surface area contributed by atoms with Crippen LogP contribution in [0.5, 0.6) is 0 Å². The maximum Gasteiger partial charge on any atom is -0.00993 e. The minimum Gasteiger partial charge on any atom is -0.0990 e. The third kappa shape index (κ3) is 2.25. The molecule has 0 bridgehead atoms. The van der Waals surface area contributed by atoms with Crippen molar-refractivity contribution in [2.45, 2.75) is 13.8 Å². The summed E-state index contributed by atoms with van der Waals surface area (Å²) in [5.41, 5.74) is 2.38. The van der Waals surface area contributed by atoms with Crippen LogP contribution in [0.3, 0.4) is 0 Å². The van der Waals surface area contributed by atoms with E-state index in [1.165, 1.54) is 32.3 Å². The Labute approximate surface area is 120 Å². The van der Waals surface area contributed by atoms with E-state index in [-0.39, 0.29) is 0 Å². The number of benzene rings is 2. The molecule has 0 heteroatoms. The molecule has 2 rings (SSSR count). The summed E-state index contributed by atoms with van der Waals surface area (Å²) >= 11 is 0. The first-order chi connectivity index (χ1) is 9.78. The van der Waals surface area contributed by atoms with Gasteiger partial charge in [0, 0.05) is 0 Å². The Morgan fingerprint density at radius 2 is 1.60 bits per heavy atom. The van der Waals surface area contributed by atoms with E-state index >= 15 is 0 Å². The molecule has 0 amide bonds. The van der Waals surface area contributed by atoms with Crippen molar-refractivity contribution < 1.29 is 0 Å². The van der Waals surface area contributed by atoms with Gasteiger partial charge in [0.2, 0.25) is 0 Å². The molecule has 0 aromatic heterocycles. The molecule has 0 radical (unpaired) electrons. The van der Waals surface area contributed by atoms with Crippen molar-refractivity contribution in [3.63, 3.8) is 0 Å². The van der Waals surface area contributed by atoms with Crippen molar-refractivity contribution in [1.29, 1.82) is 0 Å². The highest BCUT2D eigenvalue weighted by Crippen LogP contribution is 2.19. The van der Waals surface area contributed by atoms with Gasteiger partial charge in [-0.25, -0.2) is 0 Å². The highest BCUT2D eigenvalue weighted by molar-refractivity contribution is 5.95. The van der Waals surface area contributed by atoms with Crippen LogP contribution in [0.1, 0.15) is 25.0 Å². The zero-order chi connectivity index (χ0) is 14.5. The smallest absolute Gasteiger partial charge is 0.00993 e. The van der Waals surface area contributed by atoms with E-state index in [0.29, 0.717) is 0 Å². The summed E-state index contributed by atoms with van der Waals surface area (Å²) in [7, 11) is 0. The van der Waals surface area contributed by atoms with Gasteiger partial charge in [-0.3, -0.25) is 0 Å². The van der Waals surface area contributed by atoms with E-state index in [1.54, 1.807) is 0 Å². The molecule has 0 saturated heterocycles. The van der Waals surface area contributed by atoms with Crippen molar-refractivity contribution in [1.82, 2.24) is 0 Å². The largest absolute Gasteiger partial charge is 0.0990 e. The van der Waals surface area contributed by atoms with Crippen molar-refractivity contribution in [3.05, 3.63) is 71.1 Å². The summed E-state index contributed by atoms with van der Waals surface area (Å²) in [4.78, 5) is 0. The lowest BCUT2D eigenvalue weighted by atomic mass is 9.93. The lowest BCUT2D eigenvalue weighted by molar-refractivity contribution is 1.51. The average molecular weight is 260 g/mol. The Morgan fingerprint density at radius 1 is 0.900 bits per heavy atom. The Morgan fingerprint density at radius 3 is 2.15 bits per heavy atom. The Bertz CT molecular complexity index is 802. The molecule has 0 spiro atoms. The van der Waals surface area contributed by atoms with Gasteiger partial charge in [0.05, 0.1) is 0 Å². The second-order valence-corrected chi connectivity index (χ2v) is 4.60. The first-order valence-corrected chi connectivity index (χ1v) is 6.87. The molecule has 0 aliphatic carbocycles. The summed E-state index contributed by atoms with van der Waals surface area (Å²) < 4.78 is 0. The molecule has 100 valence electrons. The Kier molecular flexibility index (Phi) is 4.37. The fourth-order valence-corrected chi connectivity index (χ4v) is 2.71. The van der Waals surface area contributed by atoms with Crippen molar-refractivity contribution >= 4 is 35.1 Å². The molecule has 2 aromatic carbocycles. The fraction of sp³-hybridized carbons (Fsp3) is 0.100. The number of hydrogen-bond acceptors (Lipinski definition) is 0. The predicted molar refractivity (Wildman–Crippen MR) is 92.8 cm³/mol. The summed E-state index contributed by atoms with van der Waals surface area (Å²) in [6.45, 7) is 12.0. The number of allylic oxidation sites excluding steroid dienone is 2. The second kappa shape index (κ2) is 6.21. The molecule has 0 heterocycles. The van der Waals surface area contributed by atoms with Crippen LogP contribution in [0.25, 0.3) is 35.1 Å². The van der Waals surface area contributed by atoms with Crippen LogP contribution in [0.2, 0.25) is 0 Å². The van der Waals surface area contributed by atoms with E-state index in [2.05, 4.69) is 68.7 Å². The first kappa shape index (κ1) is 14.1. The number of rotatable bonds is 3. The van der Waals surface area contributed by atoms with E-state index in [9.17, 15) is 0 Å². The van der Waals surface area contributed by atoms with Gasteiger partial charge >= 0.3 is 0 Å². The standard InChI is InChI=1S/C20H20/c1-5-11-17-15(7-3)19-13-9-10-14-20(19)16(8-4)18(17)12-6-2/h5-14H,1,4H2,2-3H3/b12-6-,15-7+,17-11+. The van der Waals surface area contributed by atoms with Crippen LogP contribution < -0.4 is 10.4 Å². The lowest BCUT2D eigenvalue weighted by Gasteiger charge is -2.10. The monoisotopic (exact) mass is 260 g/mol. The molecule has 0 fully saturated rings. The molecule has 0 aliphatic rings. The zero-order valence-corrected chi connectivity index (χ0v) is 12.2. The van der Waals surface area contributed by atoms with Crippen molar-refractivity contribution in [2.75, 3.05) is 0 Å². The molecule has 0 unspecified atom stereocenters. The number of fused-ring (bicyclic) bond motifs is 1. The predicted octanol–water partition coefficient (Wildman–Crippen LogP) is 4.28. The van der Waals surface area contributed by atoms with E-state index in [0.717, 1.165) is 0 Å². The van der Waals surface area contributed by atoms with Crippen molar-refractivity contribution in [3.8, 4) is 0 Å². The molecule has 0 nitrogen and oxygen atoms in total. The summed E-state index contributed by atoms with van der Waals surface area (Å²) in [6, 6.07) is 8.47. The first-order valence-electron chi connectivity index (χ1n) is 6.87. The molecule has 0 atom stereocenters. The van der Waals surface area contributed by atoms with E-state index in [1.807, 2.05) is 19.1 Å². The van der Waals surface area contributed by atoms with Gasteiger partial charge in [0.15, 0.2) is 0 Å². The fourth-order valence-electron chi connectivity index (χ4n) is 2.71. The molecular formula is C20H20. The SMILES string of the molecule is C=C/C=c1/c(/C=C\C)c(C=C)c2ccccc2/c1=C/C. The van der Waals surface area contributed by atoms with Gasteiger partial charge in [-0.05, 0) is 46.2 Å². The average Bonchev–Trinajstić information content (AvgIpc) is 2.48. The van der Waals surface area contributed by atoms with E-state index in [4.69, 9.17) is 0 Å². The topological polar surface area (TPSA) is 0 Å². The summed E-state index contributed by atoms with van der Waals surface area (Å²) in [5.74, 6) is 0. The van der Waals surface area contributed by atoms with Crippen LogP contribution in [0, 0.1) is 0 Å². The van der Waals surface area contributed by atoms with Gasteiger partial charge in [-0.2, -0.15) is 0 Å². The Balaban J connectivity index is 3.23. The van der Waals surface area contributed by atoms with Crippen LogP contribution in [0.4, 0.5) is 0 Å². The highest BCUT2D eigenvalue weighted by atomic mass is 14.1. The normalized spacial score (nSPS) is 13.3. The quantitative estimate of drug-likeness (QED) is 0.772. The van der Waals surface area contributed by atoms with Crippen LogP contribution in [-0.4, -0.2) is 0 Å². The third-order valence-corrected chi connectivity index (χ3v) is 3.49. The minimum absolute atomic E-state index is 1.18. The molecule has 0 saturated carbocycles. The Hall–Kier alpha value is -2.34. The molecule has 20 heavy (non-hydrogen) atoms. The summed E-state index contributed by atoms with van der Waals surface area (Å²) in [6.07, 6.45) is 12.2. The van der Waals surface area contributed by atoms with Crippen LogP contribution >= 0.6 is 0 Å². The third-order valence-electron chi connectivity index (χ3n) is 3.49. The summed E-state index contributed by atoms with van der Waals surface area (Å²) in [5, 5.41) is 4.95. The lowest BCUT2D eigenvalue weighted by Crippen LogP contribution is -2.29. The zero-order valence-electron chi connectivity index (χ0n) is 12.2. The maximum atomic E-state index is 4.00. The van der Waals surface area contributed by atoms with Crippen molar-refractivity contribution in [2.24, 2.45) is 0 Å². The second-order valence-electron chi connectivity index (χ2n) is 4.60. The van der Waals surface area contributed by atoms with Gasteiger partial charge in [0.1, 0.15) is 0 Å². The molecular weight excluding hydrogens is 240 g/mol. The molecule has 0 N–H and O–H groups in total. The van der Waals surface area contributed by atoms with Gasteiger partial charge in [-0.1, -0.05) is 73.9 Å². The number of hydrogen-bond donors (Lipinski definition) is 0.